The molecule has 0 fully saturated rings. The molecule has 2 aromatic rings. The van der Waals surface area contributed by atoms with Crippen LogP contribution < -0.4 is 5.73 Å². The fourth-order valence-corrected chi connectivity index (χ4v) is 2.20. The van der Waals surface area contributed by atoms with Gasteiger partial charge in [0.2, 0.25) is 0 Å². The lowest BCUT2D eigenvalue weighted by Gasteiger charge is -2.14. The van der Waals surface area contributed by atoms with Crippen LogP contribution in [0.3, 0.4) is 0 Å². The summed E-state index contributed by atoms with van der Waals surface area (Å²) in [6, 6.07) is 10.7. The van der Waals surface area contributed by atoms with E-state index in [2.05, 4.69) is 43.1 Å². The molecule has 2 N–H and O–H groups in total. The van der Waals surface area contributed by atoms with Crippen molar-refractivity contribution in [2.75, 3.05) is 0 Å². The Hall–Kier alpha value is -1.67. The van der Waals surface area contributed by atoms with Gasteiger partial charge in [-0.05, 0) is 49.4 Å². The molecule has 0 spiro atoms. The summed E-state index contributed by atoms with van der Waals surface area (Å²) >= 11 is 0. The number of nitrogens with zero attached hydrogens (tertiary/aromatic N) is 1. The fourth-order valence-electron chi connectivity index (χ4n) is 2.20. The van der Waals surface area contributed by atoms with Crippen molar-refractivity contribution in [1.82, 2.24) is 4.98 Å². The van der Waals surface area contributed by atoms with Crippen molar-refractivity contribution >= 4 is 0 Å². The molecule has 0 amide bonds. The Morgan fingerprint density at radius 1 is 1.17 bits per heavy atom. The number of aryl methyl sites for hydroxylation is 2. The smallest absolute Gasteiger partial charge is 0.0300 e. The summed E-state index contributed by atoms with van der Waals surface area (Å²) in [6.45, 7) is 4.27. The third-order valence-electron chi connectivity index (χ3n) is 3.21. The van der Waals surface area contributed by atoms with E-state index in [9.17, 15) is 0 Å². The van der Waals surface area contributed by atoms with Gasteiger partial charge < -0.3 is 5.73 Å². The standard InChI is InChI=1S/C16H20N2/c1-12-5-6-13(2)15(8-12)10-16(17)9-14-4-3-7-18-11-14/h3-8,11,16H,9-10,17H2,1-2H3. The molecule has 0 saturated carbocycles. The van der Waals surface area contributed by atoms with Crippen molar-refractivity contribution in [3.63, 3.8) is 0 Å². The Kier molecular flexibility index (Phi) is 4.11. The molecule has 1 aromatic heterocycles. The van der Waals surface area contributed by atoms with Gasteiger partial charge in [0.15, 0.2) is 0 Å². The minimum atomic E-state index is 0.148. The van der Waals surface area contributed by atoms with Crippen molar-refractivity contribution in [2.45, 2.75) is 32.7 Å². The molecule has 2 rings (SSSR count). The molecule has 0 aliphatic rings. The van der Waals surface area contributed by atoms with Crippen molar-refractivity contribution in [1.29, 1.82) is 0 Å². The van der Waals surface area contributed by atoms with Gasteiger partial charge in [-0.2, -0.15) is 0 Å². The molecule has 0 aliphatic carbocycles. The minimum Gasteiger partial charge on any atom is -0.327 e. The molecule has 1 unspecified atom stereocenters. The number of nitrogens with two attached hydrogens (primary N) is 1. The van der Waals surface area contributed by atoms with Crippen molar-refractivity contribution in [2.24, 2.45) is 5.73 Å². The average Bonchev–Trinajstić information content (AvgIpc) is 2.35. The summed E-state index contributed by atoms with van der Waals surface area (Å²) < 4.78 is 0. The summed E-state index contributed by atoms with van der Waals surface area (Å²) in [5.74, 6) is 0. The first-order valence-electron chi connectivity index (χ1n) is 6.36. The second kappa shape index (κ2) is 5.78. The van der Waals surface area contributed by atoms with E-state index in [-0.39, 0.29) is 6.04 Å². The number of hydrogen-bond donors (Lipinski definition) is 1. The summed E-state index contributed by atoms with van der Waals surface area (Å²) in [5, 5.41) is 0. The van der Waals surface area contributed by atoms with Gasteiger partial charge in [0.25, 0.3) is 0 Å². The van der Waals surface area contributed by atoms with Gasteiger partial charge in [0, 0.05) is 18.4 Å². The van der Waals surface area contributed by atoms with Crippen LogP contribution >= 0.6 is 0 Å². The highest BCUT2D eigenvalue weighted by Gasteiger charge is 2.07. The highest BCUT2D eigenvalue weighted by molar-refractivity contribution is 5.31. The van der Waals surface area contributed by atoms with E-state index in [0.29, 0.717) is 0 Å². The number of benzene rings is 1. The number of aromatic nitrogens is 1. The summed E-state index contributed by atoms with van der Waals surface area (Å²) in [5.41, 5.74) is 11.4. The third-order valence-corrected chi connectivity index (χ3v) is 3.21. The van der Waals surface area contributed by atoms with E-state index >= 15 is 0 Å². The zero-order valence-electron chi connectivity index (χ0n) is 11.1. The van der Waals surface area contributed by atoms with Crippen LogP contribution in [0.15, 0.2) is 42.7 Å². The zero-order chi connectivity index (χ0) is 13.0. The average molecular weight is 240 g/mol. The molecule has 0 saturated heterocycles. The predicted octanol–water partition coefficient (Wildman–Crippen LogP) is 2.81. The first-order valence-corrected chi connectivity index (χ1v) is 6.36. The topological polar surface area (TPSA) is 38.9 Å². The van der Waals surface area contributed by atoms with Crippen molar-refractivity contribution in [3.8, 4) is 0 Å². The van der Waals surface area contributed by atoms with E-state index in [1.807, 2.05) is 12.3 Å². The summed E-state index contributed by atoms with van der Waals surface area (Å²) in [4.78, 5) is 4.12. The van der Waals surface area contributed by atoms with Crippen LogP contribution in [0.2, 0.25) is 0 Å². The van der Waals surface area contributed by atoms with Crippen molar-refractivity contribution in [3.05, 3.63) is 65.0 Å². The number of rotatable bonds is 4. The molecule has 1 heterocycles. The van der Waals surface area contributed by atoms with Crippen LogP contribution in [0, 0.1) is 13.8 Å². The Labute approximate surface area is 109 Å². The van der Waals surface area contributed by atoms with Gasteiger partial charge in [0.1, 0.15) is 0 Å². The summed E-state index contributed by atoms with van der Waals surface area (Å²) in [7, 11) is 0. The maximum absolute atomic E-state index is 6.23. The predicted molar refractivity (Wildman–Crippen MR) is 75.5 cm³/mol. The SMILES string of the molecule is Cc1ccc(C)c(CC(N)Cc2cccnc2)c1. The second-order valence-electron chi connectivity index (χ2n) is 4.96. The Bertz CT molecular complexity index is 506. The van der Waals surface area contributed by atoms with Crippen LogP contribution in [-0.2, 0) is 12.8 Å². The molecule has 0 bridgehead atoms. The highest BCUT2D eigenvalue weighted by Crippen LogP contribution is 2.13. The Morgan fingerprint density at radius 2 is 2.00 bits per heavy atom. The Morgan fingerprint density at radius 3 is 2.72 bits per heavy atom. The molecule has 94 valence electrons. The molecule has 0 radical (unpaired) electrons. The molecule has 18 heavy (non-hydrogen) atoms. The Balaban J connectivity index is 2.03. The monoisotopic (exact) mass is 240 g/mol. The second-order valence-corrected chi connectivity index (χ2v) is 4.96. The first kappa shape index (κ1) is 12.8. The molecule has 0 aliphatic heterocycles. The maximum atomic E-state index is 6.23. The van der Waals surface area contributed by atoms with Gasteiger partial charge in [-0.25, -0.2) is 0 Å². The quantitative estimate of drug-likeness (QED) is 0.892. The molecule has 2 nitrogen and oxygen atoms in total. The van der Waals surface area contributed by atoms with Crippen LogP contribution in [0.5, 0.6) is 0 Å². The van der Waals surface area contributed by atoms with E-state index < -0.39 is 0 Å². The maximum Gasteiger partial charge on any atom is 0.0300 e. The molecule has 2 heteroatoms. The normalized spacial score (nSPS) is 12.4. The molecule has 1 aromatic carbocycles. The lowest BCUT2D eigenvalue weighted by molar-refractivity contribution is 0.661. The van der Waals surface area contributed by atoms with Crippen LogP contribution in [0.4, 0.5) is 0 Å². The largest absolute Gasteiger partial charge is 0.327 e. The molecular weight excluding hydrogens is 220 g/mol. The zero-order valence-corrected chi connectivity index (χ0v) is 11.1. The first-order chi connectivity index (χ1) is 8.65. The summed E-state index contributed by atoms with van der Waals surface area (Å²) in [6.07, 6.45) is 5.48. The van der Waals surface area contributed by atoms with Crippen molar-refractivity contribution < 1.29 is 0 Å². The van der Waals surface area contributed by atoms with E-state index in [0.717, 1.165) is 12.8 Å². The van der Waals surface area contributed by atoms with Gasteiger partial charge in [-0.15, -0.1) is 0 Å². The lowest BCUT2D eigenvalue weighted by Crippen LogP contribution is -2.26. The van der Waals surface area contributed by atoms with Crippen LogP contribution in [0.25, 0.3) is 0 Å². The van der Waals surface area contributed by atoms with E-state index in [1.54, 1.807) is 6.20 Å². The molecular formula is C16H20N2. The number of hydrogen-bond acceptors (Lipinski definition) is 2. The van der Waals surface area contributed by atoms with Crippen LogP contribution in [0.1, 0.15) is 22.3 Å². The number of pyridine rings is 1. The minimum absolute atomic E-state index is 0.148. The van der Waals surface area contributed by atoms with Gasteiger partial charge in [-0.3, -0.25) is 4.98 Å². The van der Waals surface area contributed by atoms with Gasteiger partial charge >= 0.3 is 0 Å². The van der Waals surface area contributed by atoms with Gasteiger partial charge in [-0.1, -0.05) is 29.8 Å². The molecule has 1 atom stereocenters. The fraction of sp³-hybridized carbons (Fsp3) is 0.312. The van der Waals surface area contributed by atoms with Crippen LogP contribution in [-0.4, -0.2) is 11.0 Å². The van der Waals surface area contributed by atoms with Gasteiger partial charge in [0.05, 0.1) is 0 Å². The lowest BCUT2D eigenvalue weighted by atomic mass is 9.96. The van der Waals surface area contributed by atoms with E-state index in [1.165, 1.54) is 22.3 Å². The highest BCUT2D eigenvalue weighted by atomic mass is 14.6. The van der Waals surface area contributed by atoms with E-state index in [4.69, 9.17) is 5.73 Å². The third kappa shape index (κ3) is 3.41.